The molecule has 1 heterocycles. The van der Waals surface area contributed by atoms with Crippen molar-refractivity contribution in [1.82, 2.24) is 0 Å². The van der Waals surface area contributed by atoms with Crippen molar-refractivity contribution < 1.29 is 14.4 Å². The third-order valence-electron chi connectivity index (χ3n) is 4.80. The Kier molecular flexibility index (Phi) is 5.99. The van der Waals surface area contributed by atoms with Crippen molar-refractivity contribution >= 4 is 58.0 Å². The summed E-state index contributed by atoms with van der Waals surface area (Å²) < 4.78 is 0. The number of carbonyl (C=O) groups is 3. The Labute approximate surface area is 194 Å². The van der Waals surface area contributed by atoms with Crippen molar-refractivity contribution in [3.8, 4) is 0 Å². The monoisotopic (exact) mass is 465 g/mol. The molecule has 4 rings (SSSR count). The molecule has 2 N–H and O–H groups in total. The van der Waals surface area contributed by atoms with E-state index in [9.17, 15) is 14.4 Å². The van der Waals surface area contributed by atoms with Crippen LogP contribution in [0.3, 0.4) is 0 Å². The molecule has 0 aliphatic carbocycles. The molecule has 0 fully saturated rings. The van der Waals surface area contributed by atoms with E-state index in [0.717, 1.165) is 10.5 Å². The maximum atomic E-state index is 12.8. The van der Waals surface area contributed by atoms with Gasteiger partial charge in [0.1, 0.15) is 10.7 Å². The van der Waals surface area contributed by atoms with Gasteiger partial charge in [-0.25, -0.2) is 4.90 Å². The minimum Gasteiger partial charge on any atom is -0.350 e. The second-order valence-corrected chi connectivity index (χ2v) is 7.95. The fraction of sp³-hybridized carbons (Fsp3) is 0.0417. The van der Waals surface area contributed by atoms with Crippen molar-refractivity contribution in [2.75, 3.05) is 15.5 Å². The number of nitrogens with zero attached hydrogens (tertiary/aromatic N) is 1. The third kappa shape index (κ3) is 4.37. The molecule has 3 aromatic rings. The summed E-state index contributed by atoms with van der Waals surface area (Å²) >= 11 is 12.0. The molecule has 0 aromatic heterocycles. The molecule has 0 spiro atoms. The van der Waals surface area contributed by atoms with Gasteiger partial charge in [0.25, 0.3) is 17.7 Å². The summed E-state index contributed by atoms with van der Waals surface area (Å²) in [5.41, 5.74) is 3.01. The molecular weight excluding hydrogens is 449 g/mol. The molecule has 6 nitrogen and oxygen atoms in total. The zero-order chi connectivity index (χ0) is 22.8. The molecule has 3 amide bonds. The summed E-state index contributed by atoms with van der Waals surface area (Å²) in [6, 6.07) is 20.3. The van der Waals surface area contributed by atoms with E-state index in [2.05, 4.69) is 10.6 Å². The van der Waals surface area contributed by atoms with Gasteiger partial charge in [-0.2, -0.15) is 0 Å². The highest BCUT2D eigenvalue weighted by atomic mass is 35.5. The number of rotatable bonds is 5. The molecule has 160 valence electrons. The van der Waals surface area contributed by atoms with E-state index in [1.165, 1.54) is 0 Å². The molecule has 0 radical (unpaired) electrons. The third-order valence-corrected chi connectivity index (χ3v) is 5.41. The lowest BCUT2D eigenvalue weighted by molar-refractivity contribution is -0.120. The number of amides is 3. The van der Waals surface area contributed by atoms with Crippen LogP contribution in [0.15, 0.2) is 83.5 Å². The predicted molar refractivity (Wildman–Crippen MR) is 126 cm³/mol. The summed E-state index contributed by atoms with van der Waals surface area (Å²) in [6.45, 7) is 1.94. The van der Waals surface area contributed by atoms with Gasteiger partial charge >= 0.3 is 0 Å². The Bertz CT molecular complexity index is 1250. The molecule has 1 aliphatic rings. The van der Waals surface area contributed by atoms with Crippen LogP contribution in [0.1, 0.15) is 15.9 Å². The van der Waals surface area contributed by atoms with Gasteiger partial charge in [-0.05, 0) is 73.2 Å². The summed E-state index contributed by atoms with van der Waals surface area (Å²) in [5, 5.41) is 5.98. The highest BCUT2D eigenvalue weighted by molar-refractivity contribution is 6.53. The highest BCUT2D eigenvalue weighted by Gasteiger charge is 2.38. The highest BCUT2D eigenvalue weighted by Crippen LogP contribution is 2.30. The first kappa shape index (κ1) is 21.6. The predicted octanol–water partition coefficient (Wildman–Crippen LogP) is 5.34. The number of anilines is 3. The number of hydrogen-bond donors (Lipinski definition) is 2. The number of nitrogens with one attached hydrogen (secondary N) is 2. The Morgan fingerprint density at radius 1 is 0.844 bits per heavy atom. The van der Waals surface area contributed by atoms with Crippen LogP contribution in [0.5, 0.6) is 0 Å². The average molecular weight is 466 g/mol. The van der Waals surface area contributed by atoms with Crippen LogP contribution in [0.4, 0.5) is 17.1 Å². The minimum atomic E-state index is -0.629. The average Bonchev–Trinajstić information content (AvgIpc) is 2.98. The first-order valence-corrected chi connectivity index (χ1v) is 10.4. The number of halogens is 2. The van der Waals surface area contributed by atoms with Gasteiger partial charge in [0.15, 0.2) is 0 Å². The van der Waals surface area contributed by atoms with E-state index in [1.54, 1.807) is 48.5 Å². The van der Waals surface area contributed by atoms with Gasteiger partial charge < -0.3 is 10.6 Å². The van der Waals surface area contributed by atoms with Gasteiger partial charge in [0.2, 0.25) is 0 Å². The maximum Gasteiger partial charge on any atom is 0.283 e. The van der Waals surface area contributed by atoms with Gasteiger partial charge in [0.05, 0.1) is 5.69 Å². The van der Waals surface area contributed by atoms with Crippen molar-refractivity contribution in [2.45, 2.75) is 6.92 Å². The maximum absolute atomic E-state index is 12.8. The summed E-state index contributed by atoms with van der Waals surface area (Å²) in [6.07, 6.45) is 0. The molecule has 0 saturated carbocycles. The van der Waals surface area contributed by atoms with Crippen molar-refractivity contribution in [3.05, 3.63) is 99.7 Å². The quantitative estimate of drug-likeness (QED) is 0.498. The summed E-state index contributed by atoms with van der Waals surface area (Å²) in [5.74, 6) is -1.47. The number of hydrogen-bond acceptors (Lipinski definition) is 4. The van der Waals surface area contributed by atoms with Crippen LogP contribution in [0, 0.1) is 6.92 Å². The summed E-state index contributed by atoms with van der Waals surface area (Å²) in [4.78, 5) is 38.8. The lowest BCUT2D eigenvalue weighted by Gasteiger charge is -2.15. The zero-order valence-electron chi connectivity index (χ0n) is 16.9. The molecule has 0 saturated heterocycles. The molecule has 32 heavy (non-hydrogen) atoms. The number of carbonyl (C=O) groups excluding carboxylic acids is 3. The topological polar surface area (TPSA) is 78.5 Å². The Balaban J connectivity index is 1.48. The van der Waals surface area contributed by atoms with E-state index in [1.807, 2.05) is 31.2 Å². The Hall–Kier alpha value is -3.61. The molecule has 1 aliphatic heterocycles. The summed E-state index contributed by atoms with van der Waals surface area (Å²) in [7, 11) is 0. The van der Waals surface area contributed by atoms with Crippen LogP contribution in [-0.4, -0.2) is 17.7 Å². The zero-order valence-corrected chi connectivity index (χ0v) is 18.4. The van der Waals surface area contributed by atoms with Gasteiger partial charge in [-0.3, -0.25) is 14.4 Å². The molecular formula is C24H17Cl2N3O3. The molecule has 0 bridgehead atoms. The lowest BCUT2D eigenvalue weighted by atomic mass is 10.1. The molecule has 8 heteroatoms. The van der Waals surface area contributed by atoms with E-state index < -0.39 is 11.8 Å². The lowest BCUT2D eigenvalue weighted by Crippen LogP contribution is -2.32. The largest absolute Gasteiger partial charge is 0.350 e. The van der Waals surface area contributed by atoms with Crippen LogP contribution in [0.25, 0.3) is 0 Å². The fourth-order valence-corrected chi connectivity index (χ4v) is 3.55. The van der Waals surface area contributed by atoms with Crippen molar-refractivity contribution in [3.63, 3.8) is 0 Å². The molecule has 3 aromatic carbocycles. The van der Waals surface area contributed by atoms with Gasteiger partial charge in [0, 0.05) is 22.0 Å². The smallest absolute Gasteiger partial charge is 0.283 e. The minimum absolute atomic E-state index is 0.0384. The Morgan fingerprint density at radius 2 is 1.53 bits per heavy atom. The van der Waals surface area contributed by atoms with Crippen LogP contribution < -0.4 is 15.5 Å². The van der Waals surface area contributed by atoms with Gasteiger partial charge in [-0.1, -0.05) is 35.3 Å². The second-order valence-electron chi connectivity index (χ2n) is 7.14. The van der Waals surface area contributed by atoms with Gasteiger partial charge in [-0.15, -0.1) is 0 Å². The van der Waals surface area contributed by atoms with Crippen molar-refractivity contribution in [1.29, 1.82) is 0 Å². The van der Waals surface area contributed by atoms with E-state index >= 15 is 0 Å². The van der Waals surface area contributed by atoms with E-state index in [-0.39, 0.29) is 16.6 Å². The normalized spacial score (nSPS) is 13.5. The molecule has 0 atom stereocenters. The second kappa shape index (κ2) is 8.86. The number of imide groups is 1. The van der Waals surface area contributed by atoms with Crippen LogP contribution in [-0.2, 0) is 9.59 Å². The van der Waals surface area contributed by atoms with Crippen LogP contribution in [0.2, 0.25) is 5.02 Å². The Morgan fingerprint density at radius 3 is 2.19 bits per heavy atom. The first-order valence-electron chi connectivity index (χ1n) is 9.63. The van der Waals surface area contributed by atoms with Crippen molar-refractivity contribution in [2.24, 2.45) is 0 Å². The first-order chi connectivity index (χ1) is 15.3. The SMILES string of the molecule is Cc1cccc(NC(=O)c2ccc(NC3=C(Cl)C(=O)N(c4ccc(Cl)cc4)C3=O)cc2)c1. The number of aryl methyl sites for hydroxylation is 1. The van der Waals surface area contributed by atoms with E-state index in [0.29, 0.717) is 27.6 Å². The van der Waals surface area contributed by atoms with E-state index in [4.69, 9.17) is 23.2 Å². The standard InChI is InChI=1S/C24H17Cl2N3O3/c1-14-3-2-4-18(13-14)28-22(30)15-5-9-17(10-6-15)27-21-20(26)23(31)29(24(21)32)19-11-7-16(25)8-12-19/h2-13,27H,1H3,(H,28,30). The van der Waals surface area contributed by atoms with Crippen LogP contribution >= 0.6 is 23.2 Å². The fourth-order valence-electron chi connectivity index (χ4n) is 3.21. The molecule has 0 unspecified atom stereocenters. The number of benzene rings is 3.